The Labute approximate surface area is 104 Å². The summed E-state index contributed by atoms with van der Waals surface area (Å²) in [5, 5.41) is 11.0. The number of nitro groups is 1. The quantitative estimate of drug-likeness (QED) is 0.588. The van der Waals surface area contributed by atoms with Gasteiger partial charge in [0.15, 0.2) is 5.79 Å². The summed E-state index contributed by atoms with van der Waals surface area (Å²) in [5.74, 6) is -0.552. The molecular weight excluding hydrogens is 236 g/mol. The van der Waals surface area contributed by atoms with Crippen molar-refractivity contribution >= 4 is 11.4 Å². The van der Waals surface area contributed by atoms with E-state index < -0.39 is 5.79 Å². The number of hydrogen-bond acceptors (Lipinski definition) is 5. The second-order valence-electron chi connectivity index (χ2n) is 4.52. The topological polar surface area (TPSA) is 64.8 Å². The van der Waals surface area contributed by atoms with E-state index in [-0.39, 0.29) is 10.6 Å². The van der Waals surface area contributed by atoms with Gasteiger partial charge in [0, 0.05) is 19.0 Å². The Morgan fingerprint density at radius 1 is 1.28 bits per heavy atom. The van der Waals surface area contributed by atoms with Crippen molar-refractivity contribution in [3.05, 3.63) is 34.4 Å². The second kappa shape index (κ2) is 4.22. The van der Waals surface area contributed by atoms with Gasteiger partial charge in [-0.1, -0.05) is 12.1 Å². The number of ether oxygens (including phenoxy) is 2. The summed E-state index contributed by atoms with van der Waals surface area (Å²) in [7, 11) is 0. The molecule has 1 aromatic carbocycles. The third-order valence-corrected chi connectivity index (χ3v) is 3.43. The van der Waals surface area contributed by atoms with Gasteiger partial charge in [-0.05, 0) is 6.07 Å². The maximum Gasteiger partial charge on any atom is 0.292 e. The van der Waals surface area contributed by atoms with Crippen LogP contribution in [0.4, 0.5) is 11.4 Å². The van der Waals surface area contributed by atoms with Gasteiger partial charge in [-0.15, -0.1) is 0 Å². The van der Waals surface area contributed by atoms with E-state index in [1.807, 2.05) is 11.0 Å². The molecule has 1 spiro atoms. The molecular formula is C12H14N2O4. The number of nitro benzene ring substituents is 1. The summed E-state index contributed by atoms with van der Waals surface area (Å²) in [6, 6.07) is 6.78. The fourth-order valence-corrected chi connectivity index (χ4v) is 2.58. The predicted molar refractivity (Wildman–Crippen MR) is 64.6 cm³/mol. The minimum absolute atomic E-state index is 0.132. The highest BCUT2D eigenvalue weighted by molar-refractivity contribution is 5.63. The number of benzene rings is 1. The zero-order chi connectivity index (χ0) is 12.6. The van der Waals surface area contributed by atoms with Gasteiger partial charge in [-0.3, -0.25) is 10.1 Å². The zero-order valence-corrected chi connectivity index (χ0v) is 9.87. The van der Waals surface area contributed by atoms with Gasteiger partial charge in [-0.2, -0.15) is 0 Å². The number of rotatable bonds is 2. The molecule has 0 bridgehead atoms. The van der Waals surface area contributed by atoms with E-state index in [0.29, 0.717) is 32.0 Å². The lowest BCUT2D eigenvalue weighted by Crippen LogP contribution is -2.34. The third-order valence-electron chi connectivity index (χ3n) is 3.43. The first kappa shape index (κ1) is 11.4. The first-order valence-electron chi connectivity index (χ1n) is 5.96. The van der Waals surface area contributed by atoms with Gasteiger partial charge in [0.2, 0.25) is 0 Å². The van der Waals surface area contributed by atoms with Gasteiger partial charge in [0.1, 0.15) is 5.69 Å². The molecule has 18 heavy (non-hydrogen) atoms. The van der Waals surface area contributed by atoms with Crippen LogP contribution in [0.25, 0.3) is 0 Å². The summed E-state index contributed by atoms with van der Waals surface area (Å²) in [6.45, 7) is 2.47. The largest absolute Gasteiger partial charge is 0.360 e. The minimum atomic E-state index is -0.552. The van der Waals surface area contributed by atoms with Gasteiger partial charge in [-0.25, -0.2) is 0 Å². The Balaban J connectivity index is 1.86. The summed E-state index contributed by atoms with van der Waals surface area (Å²) >= 11 is 0. The van der Waals surface area contributed by atoms with E-state index in [0.717, 1.165) is 6.42 Å². The molecule has 0 amide bonds. The molecule has 96 valence electrons. The molecule has 0 saturated carbocycles. The number of para-hydroxylation sites is 2. The number of anilines is 1. The monoisotopic (exact) mass is 250 g/mol. The Bertz CT molecular complexity index is 471. The fourth-order valence-electron chi connectivity index (χ4n) is 2.58. The van der Waals surface area contributed by atoms with E-state index in [1.165, 1.54) is 6.07 Å². The summed E-state index contributed by atoms with van der Waals surface area (Å²) in [4.78, 5) is 12.6. The molecule has 0 atom stereocenters. The molecule has 6 heteroatoms. The molecule has 0 N–H and O–H groups in total. The first-order chi connectivity index (χ1) is 8.70. The maximum atomic E-state index is 11.0. The van der Waals surface area contributed by atoms with Crippen LogP contribution in [0.5, 0.6) is 0 Å². The molecule has 2 aliphatic heterocycles. The molecule has 2 fully saturated rings. The molecule has 0 radical (unpaired) electrons. The summed E-state index contributed by atoms with van der Waals surface area (Å²) in [6.07, 6.45) is 0.749. The highest BCUT2D eigenvalue weighted by atomic mass is 16.7. The third kappa shape index (κ3) is 1.83. The molecule has 0 aromatic heterocycles. The molecule has 2 heterocycles. The van der Waals surface area contributed by atoms with Crippen molar-refractivity contribution in [3.8, 4) is 0 Å². The summed E-state index contributed by atoms with van der Waals surface area (Å²) in [5.41, 5.74) is 0.769. The lowest BCUT2D eigenvalue weighted by Gasteiger charge is -2.23. The van der Waals surface area contributed by atoms with Crippen LogP contribution < -0.4 is 4.90 Å². The van der Waals surface area contributed by atoms with Crippen LogP contribution in [0.15, 0.2) is 24.3 Å². The molecule has 2 saturated heterocycles. The Morgan fingerprint density at radius 3 is 2.72 bits per heavy atom. The van der Waals surface area contributed by atoms with Crippen LogP contribution >= 0.6 is 0 Å². The van der Waals surface area contributed by atoms with Crippen LogP contribution in [-0.2, 0) is 9.47 Å². The molecule has 1 aromatic rings. The molecule has 6 nitrogen and oxygen atoms in total. The van der Waals surface area contributed by atoms with E-state index in [1.54, 1.807) is 12.1 Å². The first-order valence-corrected chi connectivity index (χ1v) is 5.96. The van der Waals surface area contributed by atoms with E-state index >= 15 is 0 Å². The van der Waals surface area contributed by atoms with Crippen LogP contribution in [-0.4, -0.2) is 37.0 Å². The van der Waals surface area contributed by atoms with Crippen molar-refractivity contribution < 1.29 is 14.4 Å². The highest BCUT2D eigenvalue weighted by Crippen LogP contribution is 2.36. The molecule has 3 rings (SSSR count). The average molecular weight is 250 g/mol. The standard InChI is InChI=1S/C12H14N2O4/c15-14(16)11-4-2-1-3-10(11)13-6-5-12(9-13)17-7-8-18-12/h1-4H,5-9H2. The second-order valence-corrected chi connectivity index (χ2v) is 4.52. The van der Waals surface area contributed by atoms with Crippen LogP contribution in [0.3, 0.4) is 0 Å². The molecule has 2 aliphatic rings. The minimum Gasteiger partial charge on any atom is -0.360 e. The Kier molecular flexibility index (Phi) is 2.68. The zero-order valence-electron chi connectivity index (χ0n) is 9.87. The number of hydrogen-bond donors (Lipinski definition) is 0. The van der Waals surface area contributed by atoms with Gasteiger partial charge in [0.05, 0.1) is 24.7 Å². The highest BCUT2D eigenvalue weighted by Gasteiger charge is 2.44. The van der Waals surface area contributed by atoms with Crippen molar-refractivity contribution in [1.82, 2.24) is 0 Å². The predicted octanol–water partition coefficient (Wildman–Crippen LogP) is 1.55. The fraction of sp³-hybridized carbons (Fsp3) is 0.500. The van der Waals surface area contributed by atoms with Gasteiger partial charge in [0.25, 0.3) is 5.69 Å². The smallest absolute Gasteiger partial charge is 0.292 e. The van der Waals surface area contributed by atoms with Crippen molar-refractivity contribution in [2.45, 2.75) is 12.2 Å². The lowest BCUT2D eigenvalue weighted by molar-refractivity contribution is -0.384. The lowest BCUT2D eigenvalue weighted by atomic mass is 10.2. The average Bonchev–Trinajstić information content (AvgIpc) is 3.00. The Morgan fingerprint density at radius 2 is 2.00 bits per heavy atom. The SMILES string of the molecule is O=[N+]([O-])c1ccccc1N1CCC2(C1)OCCO2. The van der Waals surface area contributed by atoms with Gasteiger partial charge < -0.3 is 14.4 Å². The Hall–Kier alpha value is -1.66. The molecule has 0 aliphatic carbocycles. The van der Waals surface area contributed by atoms with Crippen molar-refractivity contribution in [2.75, 3.05) is 31.2 Å². The van der Waals surface area contributed by atoms with Crippen LogP contribution in [0, 0.1) is 10.1 Å². The number of nitrogens with zero attached hydrogens (tertiary/aromatic N) is 2. The summed E-state index contributed by atoms with van der Waals surface area (Å²) < 4.78 is 11.2. The van der Waals surface area contributed by atoms with Crippen molar-refractivity contribution in [3.63, 3.8) is 0 Å². The van der Waals surface area contributed by atoms with E-state index in [2.05, 4.69) is 0 Å². The maximum absolute atomic E-state index is 11.0. The van der Waals surface area contributed by atoms with Crippen LogP contribution in [0.1, 0.15) is 6.42 Å². The molecule has 0 unspecified atom stereocenters. The van der Waals surface area contributed by atoms with E-state index in [4.69, 9.17) is 9.47 Å². The van der Waals surface area contributed by atoms with E-state index in [9.17, 15) is 10.1 Å². The normalized spacial score (nSPS) is 21.7. The van der Waals surface area contributed by atoms with Crippen molar-refractivity contribution in [1.29, 1.82) is 0 Å². The van der Waals surface area contributed by atoms with Crippen molar-refractivity contribution in [2.24, 2.45) is 0 Å². The van der Waals surface area contributed by atoms with Gasteiger partial charge >= 0.3 is 0 Å². The van der Waals surface area contributed by atoms with Crippen LogP contribution in [0.2, 0.25) is 0 Å².